The molecule has 0 radical (unpaired) electrons. The molecule has 0 aliphatic carbocycles. The van der Waals surface area contributed by atoms with Gasteiger partial charge in [0.2, 0.25) is 0 Å². The molecule has 1 heterocycles. The van der Waals surface area contributed by atoms with Crippen molar-refractivity contribution < 1.29 is 0 Å². The van der Waals surface area contributed by atoms with E-state index >= 15 is 0 Å². The molecular formula is C14H23N3. The second-order valence-electron chi connectivity index (χ2n) is 5.29. The molecule has 1 aromatic carbocycles. The molecule has 0 bridgehead atoms. The van der Waals surface area contributed by atoms with Gasteiger partial charge in [0.1, 0.15) is 0 Å². The normalized spacial score (nSPS) is 20.6. The number of benzene rings is 1. The van der Waals surface area contributed by atoms with E-state index in [0.29, 0.717) is 6.04 Å². The van der Waals surface area contributed by atoms with Crippen molar-refractivity contribution in [3.8, 4) is 0 Å². The molecule has 1 unspecified atom stereocenters. The van der Waals surface area contributed by atoms with Crippen molar-refractivity contribution in [3.05, 3.63) is 23.8 Å². The topological polar surface area (TPSA) is 18.5 Å². The molecule has 0 amide bonds. The number of nitrogens with one attached hydrogen (secondary N) is 1. The summed E-state index contributed by atoms with van der Waals surface area (Å²) in [5.41, 5.74) is 3.85. The molecule has 3 nitrogen and oxygen atoms in total. The van der Waals surface area contributed by atoms with Crippen LogP contribution in [0.2, 0.25) is 0 Å². The lowest BCUT2D eigenvalue weighted by molar-refractivity contribution is 0.414. The Morgan fingerprint density at radius 2 is 2.12 bits per heavy atom. The number of anilines is 2. The number of likely N-dealkylation sites (N-methyl/N-ethyl adjacent to an activating group) is 1. The summed E-state index contributed by atoms with van der Waals surface area (Å²) in [6.45, 7) is 4.50. The van der Waals surface area contributed by atoms with Crippen molar-refractivity contribution in [1.29, 1.82) is 0 Å². The number of rotatable bonds is 3. The summed E-state index contributed by atoms with van der Waals surface area (Å²) in [7, 11) is 6.37. The zero-order chi connectivity index (χ0) is 12.4. The average molecular weight is 233 g/mol. The van der Waals surface area contributed by atoms with E-state index in [9.17, 15) is 0 Å². The number of hydrogen-bond donors (Lipinski definition) is 1. The van der Waals surface area contributed by atoms with Crippen LogP contribution in [-0.2, 0) is 0 Å². The molecular weight excluding hydrogens is 210 g/mol. The summed E-state index contributed by atoms with van der Waals surface area (Å²) in [5.74, 6) is 0. The maximum atomic E-state index is 3.63. The molecule has 1 aliphatic rings. The Kier molecular flexibility index (Phi) is 3.57. The molecule has 0 saturated carbocycles. The molecule has 0 spiro atoms. The average Bonchev–Trinajstić information content (AvgIpc) is 2.66. The lowest BCUT2D eigenvalue weighted by Crippen LogP contribution is -2.23. The van der Waals surface area contributed by atoms with Crippen molar-refractivity contribution in [2.24, 2.45) is 0 Å². The second kappa shape index (κ2) is 4.96. The van der Waals surface area contributed by atoms with Gasteiger partial charge in [0, 0.05) is 38.1 Å². The zero-order valence-corrected chi connectivity index (χ0v) is 11.3. The third-order valence-corrected chi connectivity index (χ3v) is 3.45. The van der Waals surface area contributed by atoms with Gasteiger partial charge in [-0.25, -0.2) is 0 Å². The smallest absolute Gasteiger partial charge is 0.0411 e. The van der Waals surface area contributed by atoms with Crippen LogP contribution in [0.15, 0.2) is 18.2 Å². The van der Waals surface area contributed by atoms with Crippen LogP contribution in [0.4, 0.5) is 11.4 Å². The van der Waals surface area contributed by atoms with Gasteiger partial charge in [-0.15, -0.1) is 0 Å². The molecule has 1 N–H and O–H groups in total. The third kappa shape index (κ3) is 2.91. The maximum Gasteiger partial charge on any atom is 0.0411 e. The van der Waals surface area contributed by atoms with Crippen molar-refractivity contribution in [2.45, 2.75) is 19.4 Å². The molecule has 1 fully saturated rings. The first-order valence-electron chi connectivity index (χ1n) is 6.29. The monoisotopic (exact) mass is 233 g/mol. The van der Waals surface area contributed by atoms with E-state index in [1.54, 1.807) is 0 Å². The van der Waals surface area contributed by atoms with Gasteiger partial charge in [0.15, 0.2) is 0 Å². The van der Waals surface area contributed by atoms with Crippen LogP contribution in [-0.4, -0.2) is 45.2 Å². The minimum atomic E-state index is 0.595. The Hall–Kier alpha value is -1.22. The number of nitrogens with zero attached hydrogens (tertiary/aromatic N) is 2. The van der Waals surface area contributed by atoms with Crippen molar-refractivity contribution in [2.75, 3.05) is 44.4 Å². The first-order chi connectivity index (χ1) is 8.06. The lowest BCUT2D eigenvalue weighted by Gasteiger charge is -2.19. The minimum Gasteiger partial charge on any atom is -0.381 e. The van der Waals surface area contributed by atoms with E-state index < -0.39 is 0 Å². The fourth-order valence-corrected chi connectivity index (χ4v) is 2.47. The predicted octanol–water partition coefficient (Wildman–Crippen LogP) is 2.18. The Morgan fingerprint density at radius 3 is 2.71 bits per heavy atom. The molecule has 17 heavy (non-hydrogen) atoms. The Bertz CT molecular complexity index is 387. The molecule has 1 saturated heterocycles. The summed E-state index contributed by atoms with van der Waals surface area (Å²) in [4.78, 5) is 4.54. The van der Waals surface area contributed by atoms with Gasteiger partial charge in [-0.1, -0.05) is 6.07 Å². The van der Waals surface area contributed by atoms with Crippen LogP contribution >= 0.6 is 0 Å². The molecule has 3 heteroatoms. The minimum absolute atomic E-state index is 0.595. The maximum absolute atomic E-state index is 3.63. The molecule has 1 aromatic rings. The van der Waals surface area contributed by atoms with Gasteiger partial charge in [-0.2, -0.15) is 0 Å². The van der Waals surface area contributed by atoms with Crippen LogP contribution < -0.4 is 10.2 Å². The van der Waals surface area contributed by atoms with Crippen LogP contribution in [0.1, 0.15) is 12.0 Å². The van der Waals surface area contributed by atoms with E-state index in [2.05, 4.69) is 61.4 Å². The van der Waals surface area contributed by atoms with Gasteiger partial charge >= 0.3 is 0 Å². The van der Waals surface area contributed by atoms with Crippen molar-refractivity contribution in [3.63, 3.8) is 0 Å². The molecule has 0 aromatic heterocycles. The van der Waals surface area contributed by atoms with Gasteiger partial charge < -0.3 is 15.1 Å². The summed E-state index contributed by atoms with van der Waals surface area (Å²) < 4.78 is 0. The van der Waals surface area contributed by atoms with E-state index in [0.717, 1.165) is 6.54 Å². The first kappa shape index (κ1) is 12.2. The quantitative estimate of drug-likeness (QED) is 0.863. The lowest BCUT2D eigenvalue weighted by atomic mass is 10.1. The van der Waals surface area contributed by atoms with Crippen molar-refractivity contribution in [1.82, 2.24) is 4.90 Å². The van der Waals surface area contributed by atoms with Gasteiger partial charge in [0.05, 0.1) is 0 Å². The van der Waals surface area contributed by atoms with Crippen LogP contribution in [0.25, 0.3) is 0 Å². The van der Waals surface area contributed by atoms with E-state index in [1.807, 2.05) is 0 Å². The highest BCUT2D eigenvalue weighted by atomic mass is 15.2. The van der Waals surface area contributed by atoms with Crippen LogP contribution in [0.3, 0.4) is 0 Å². The summed E-state index contributed by atoms with van der Waals surface area (Å²) in [6.07, 6.45) is 1.24. The largest absolute Gasteiger partial charge is 0.381 e. The predicted molar refractivity (Wildman–Crippen MR) is 75.0 cm³/mol. The standard InChI is InChI=1S/C14H23N3/c1-11-5-6-12(9-14(11)16(2)3)15-13-7-8-17(4)10-13/h5-6,9,13,15H,7-8,10H2,1-4H3. The zero-order valence-electron chi connectivity index (χ0n) is 11.3. The molecule has 1 atom stereocenters. The Morgan fingerprint density at radius 1 is 1.35 bits per heavy atom. The summed E-state index contributed by atoms with van der Waals surface area (Å²) in [5, 5.41) is 3.63. The van der Waals surface area contributed by atoms with Gasteiger partial charge in [0.25, 0.3) is 0 Å². The second-order valence-corrected chi connectivity index (χ2v) is 5.29. The third-order valence-electron chi connectivity index (χ3n) is 3.45. The first-order valence-corrected chi connectivity index (χ1v) is 6.29. The van der Waals surface area contributed by atoms with Gasteiger partial charge in [-0.05, 0) is 44.6 Å². The fourth-order valence-electron chi connectivity index (χ4n) is 2.47. The number of aryl methyl sites for hydroxylation is 1. The molecule has 94 valence electrons. The van der Waals surface area contributed by atoms with E-state index in [1.165, 1.54) is 29.9 Å². The SMILES string of the molecule is Cc1ccc(NC2CCN(C)C2)cc1N(C)C. The van der Waals surface area contributed by atoms with Crippen LogP contribution in [0.5, 0.6) is 0 Å². The number of hydrogen-bond acceptors (Lipinski definition) is 3. The van der Waals surface area contributed by atoms with Gasteiger partial charge in [-0.3, -0.25) is 0 Å². The Balaban J connectivity index is 2.08. The number of likely N-dealkylation sites (tertiary alicyclic amines) is 1. The molecule has 1 aliphatic heterocycles. The fraction of sp³-hybridized carbons (Fsp3) is 0.571. The molecule has 2 rings (SSSR count). The highest BCUT2D eigenvalue weighted by Gasteiger charge is 2.19. The summed E-state index contributed by atoms with van der Waals surface area (Å²) in [6, 6.07) is 7.21. The highest BCUT2D eigenvalue weighted by molar-refractivity contribution is 5.62. The summed E-state index contributed by atoms with van der Waals surface area (Å²) >= 11 is 0. The van der Waals surface area contributed by atoms with Crippen molar-refractivity contribution >= 4 is 11.4 Å². The van der Waals surface area contributed by atoms with Crippen LogP contribution in [0, 0.1) is 6.92 Å². The highest BCUT2D eigenvalue weighted by Crippen LogP contribution is 2.24. The van der Waals surface area contributed by atoms with E-state index in [-0.39, 0.29) is 0 Å². The van der Waals surface area contributed by atoms with E-state index in [4.69, 9.17) is 0 Å². The Labute approximate surface area is 104 Å².